The highest BCUT2D eigenvalue weighted by molar-refractivity contribution is 5.95. The Bertz CT molecular complexity index is 850. The van der Waals surface area contributed by atoms with Gasteiger partial charge in [-0.25, -0.2) is 9.39 Å². The minimum absolute atomic E-state index is 0.00316. The van der Waals surface area contributed by atoms with E-state index in [9.17, 15) is 18.0 Å². The molecule has 3 fully saturated rings. The molecule has 0 aliphatic carbocycles. The second-order valence-corrected chi connectivity index (χ2v) is 9.02. The van der Waals surface area contributed by atoms with Gasteiger partial charge in [0.2, 0.25) is 0 Å². The summed E-state index contributed by atoms with van der Waals surface area (Å²) >= 11 is 0. The lowest BCUT2D eigenvalue weighted by Crippen LogP contribution is -2.61. The quantitative estimate of drug-likeness (QED) is 0.641. The lowest BCUT2D eigenvalue weighted by Gasteiger charge is -2.43. The van der Waals surface area contributed by atoms with Gasteiger partial charge in [0, 0.05) is 43.8 Å². The summed E-state index contributed by atoms with van der Waals surface area (Å²) in [5.74, 6) is -2.76. The summed E-state index contributed by atoms with van der Waals surface area (Å²) in [6, 6.07) is 7.26. The van der Waals surface area contributed by atoms with Crippen molar-refractivity contribution in [2.24, 2.45) is 0 Å². The number of halogens is 3. The Morgan fingerprint density at radius 3 is 2.30 bits per heavy atom. The molecule has 2 atom stereocenters. The number of carbonyl (C=O) groups is 2. The van der Waals surface area contributed by atoms with Crippen LogP contribution in [0.15, 0.2) is 18.2 Å². The zero-order valence-corrected chi connectivity index (χ0v) is 19.2. The fourth-order valence-corrected chi connectivity index (χ4v) is 5.05. The first-order valence-electron chi connectivity index (χ1n) is 11.5. The molecule has 0 spiro atoms. The molecule has 1 unspecified atom stereocenters. The van der Waals surface area contributed by atoms with E-state index in [4.69, 9.17) is 14.6 Å². The molecule has 3 aliphatic rings. The van der Waals surface area contributed by atoms with Gasteiger partial charge in [-0.1, -0.05) is 0 Å². The van der Waals surface area contributed by atoms with Crippen LogP contribution in [0.1, 0.15) is 51.0 Å². The van der Waals surface area contributed by atoms with Crippen LogP contribution in [0, 0.1) is 6.92 Å². The third-order valence-corrected chi connectivity index (χ3v) is 6.73. The van der Waals surface area contributed by atoms with Crippen LogP contribution in [0.5, 0.6) is 0 Å². The molecule has 0 radical (unpaired) electrons. The van der Waals surface area contributed by atoms with Crippen LogP contribution in [0.25, 0.3) is 0 Å². The average molecular weight is 473 g/mol. The number of carboxylic acids is 1. The number of amides is 1. The Morgan fingerprint density at radius 1 is 1.15 bits per heavy atom. The van der Waals surface area contributed by atoms with Crippen molar-refractivity contribution in [3.63, 3.8) is 0 Å². The van der Waals surface area contributed by atoms with Crippen molar-refractivity contribution in [1.82, 2.24) is 9.60 Å². The number of hydrogen-bond acceptors (Lipinski definition) is 4. The Morgan fingerprint density at radius 2 is 1.82 bits per heavy atom. The highest BCUT2D eigenvalue weighted by atomic mass is 19.4. The Balaban J connectivity index is 0.000000383. The molecule has 1 amide bonds. The van der Waals surface area contributed by atoms with Gasteiger partial charge in [-0.2, -0.15) is 13.2 Å². The number of aryl methyl sites for hydroxylation is 1. The second kappa shape index (κ2) is 10.4. The van der Waals surface area contributed by atoms with Gasteiger partial charge in [0.05, 0.1) is 6.04 Å². The average Bonchev–Trinajstić information content (AvgIpc) is 3.51. The maximum absolute atomic E-state index is 12.4. The van der Waals surface area contributed by atoms with Gasteiger partial charge in [-0.05, 0) is 51.2 Å². The molecule has 10 heteroatoms. The van der Waals surface area contributed by atoms with Crippen molar-refractivity contribution in [1.29, 1.82) is 0 Å². The monoisotopic (exact) mass is 472 g/mol. The SMILES string of the molecule is Cc1cc([N+]2(N3CCCC3C)CCCC2)ccc1NC(=O)[C@@H]1CCCO1.O=C(O)C(F)(F)F. The van der Waals surface area contributed by atoms with E-state index in [-0.39, 0.29) is 12.0 Å². The third-order valence-electron chi connectivity index (χ3n) is 6.73. The van der Waals surface area contributed by atoms with E-state index in [0.29, 0.717) is 12.6 Å². The molecule has 1 aromatic carbocycles. The van der Waals surface area contributed by atoms with E-state index in [0.717, 1.165) is 28.7 Å². The number of alkyl halides is 3. The number of carboxylic acid groups (broad SMARTS) is 1. The molecule has 0 bridgehead atoms. The molecular formula is C23H33F3N3O4+. The number of hydrogen-bond donors (Lipinski definition) is 2. The van der Waals surface area contributed by atoms with Crippen molar-refractivity contribution in [3.8, 4) is 0 Å². The van der Waals surface area contributed by atoms with E-state index in [1.165, 1.54) is 51.0 Å². The molecule has 33 heavy (non-hydrogen) atoms. The zero-order valence-electron chi connectivity index (χ0n) is 19.2. The van der Waals surface area contributed by atoms with E-state index in [1.54, 1.807) is 0 Å². The van der Waals surface area contributed by atoms with Gasteiger partial charge in [-0.3, -0.25) is 4.79 Å². The standard InChI is InChI=1S/C21H31N3O2.C2HF3O2/c1-16-15-18(9-10-19(16)22-21(25)20-8-6-14-26-20)24(12-3-4-13-24)23-11-5-7-17(23)2;3-2(4,5)1(6)7/h9-10,15,17,20H,3-8,11-14H2,1-2H3;(H,6,7)/p+1/t17?,20-;/m0./s1. The summed E-state index contributed by atoms with van der Waals surface area (Å²) in [5.41, 5.74) is 3.44. The molecule has 4 rings (SSSR count). The number of aliphatic carboxylic acids is 1. The maximum Gasteiger partial charge on any atom is 0.490 e. The van der Waals surface area contributed by atoms with Gasteiger partial charge < -0.3 is 15.2 Å². The molecule has 3 heterocycles. The summed E-state index contributed by atoms with van der Waals surface area (Å²) < 4.78 is 38.2. The summed E-state index contributed by atoms with van der Waals surface area (Å²) in [5, 5.41) is 12.9. The van der Waals surface area contributed by atoms with Crippen molar-refractivity contribution in [2.75, 3.05) is 31.6 Å². The highest BCUT2D eigenvalue weighted by Crippen LogP contribution is 2.38. The third kappa shape index (κ3) is 5.85. The number of rotatable bonds is 4. The summed E-state index contributed by atoms with van der Waals surface area (Å²) in [6.07, 6.45) is 1.63. The van der Waals surface area contributed by atoms with E-state index in [2.05, 4.69) is 42.4 Å². The first-order valence-corrected chi connectivity index (χ1v) is 11.5. The van der Waals surface area contributed by atoms with Gasteiger partial charge >= 0.3 is 12.1 Å². The predicted octanol–water partition coefficient (Wildman–Crippen LogP) is 4.25. The molecule has 0 aromatic heterocycles. The fraction of sp³-hybridized carbons (Fsp3) is 0.652. The lowest BCUT2D eigenvalue weighted by atomic mass is 10.1. The van der Waals surface area contributed by atoms with E-state index in [1.807, 2.05) is 0 Å². The maximum atomic E-state index is 12.4. The minimum atomic E-state index is -5.08. The van der Waals surface area contributed by atoms with Crippen molar-refractivity contribution in [3.05, 3.63) is 23.8 Å². The molecule has 7 nitrogen and oxygen atoms in total. The van der Waals surface area contributed by atoms with Gasteiger partial charge in [0.1, 0.15) is 19.2 Å². The van der Waals surface area contributed by atoms with Crippen LogP contribution in [0.4, 0.5) is 24.5 Å². The number of nitrogens with zero attached hydrogens (tertiary/aromatic N) is 2. The van der Waals surface area contributed by atoms with E-state index >= 15 is 0 Å². The lowest BCUT2D eigenvalue weighted by molar-refractivity contribution is -0.192. The van der Waals surface area contributed by atoms with Crippen molar-refractivity contribution >= 4 is 23.3 Å². The first kappa shape index (κ1) is 25.5. The summed E-state index contributed by atoms with van der Waals surface area (Å²) in [4.78, 5) is 21.3. The van der Waals surface area contributed by atoms with Crippen LogP contribution >= 0.6 is 0 Å². The number of ether oxygens (including phenoxy) is 1. The predicted molar refractivity (Wildman–Crippen MR) is 119 cm³/mol. The van der Waals surface area contributed by atoms with Crippen LogP contribution in [0.3, 0.4) is 0 Å². The van der Waals surface area contributed by atoms with E-state index < -0.39 is 12.1 Å². The molecular weight excluding hydrogens is 439 g/mol. The molecule has 0 saturated carbocycles. The van der Waals surface area contributed by atoms with Crippen molar-refractivity contribution < 1.29 is 32.6 Å². The van der Waals surface area contributed by atoms with Gasteiger partial charge in [-0.15, -0.1) is 5.01 Å². The number of nitrogens with one attached hydrogen (secondary N) is 1. The fourth-order valence-electron chi connectivity index (χ4n) is 5.05. The first-order chi connectivity index (χ1) is 15.5. The van der Waals surface area contributed by atoms with Crippen LogP contribution < -0.4 is 9.91 Å². The van der Waals surface area contributed by atoms with Gasteiger partial charge in [0.25, 0.3) is 5.91 Å². The number of quaternary nitrogens is 1. The summed E-state index contributed by atoms with van der Waals surface area (Å²) in [7, 11) is 0. The molecule has 184 valence electrons. The summed E-state index contributed by atoms with van der Waals surface area (Å²) in [6.45, 7) is 8.77. The topological polar surface area (TPSA) is 78.9 Å². The Kier molecular flexibility index (Phi) is 8.02. The van der Waals surface area contributed by atoms with Crippen LogP contribution in [0.2, 0.25) is 0 Å². The molecule has 3 saturated heterocycles. The molecule has 1 aromatic rings. The molecule has 2 N–H and O–H groups in total. The number of anilines is 1. The zero-order chi connectivity index (χ0) is 24.2. The minimum Gasteiger partial charge on any atom is -0.475 e. The normalized spacial score (nSPS) is 24.9. The Labute approximate surface area is 192 Å². The van der Waals surface area contributed by atoms with Crippen molar-refractivity contribution in [2.45, 2.75) is 70.7 Å². The Hall–Kier alpha value is -2.17. The smallest absolute Gasteiger partial charge is 0.475 e. The largest absolute Gasteiger partial charge is 0.490 e. The van der Waals surface area contributed by atoms with Crippen LogP contribution in [-0.4, -0.2) is 66.6 Å². The number of benzene rings is 1. The highest BCUT2D eigenvalue weighted by Gasteiger charge is 2.45. The second-order valence-electron chi connectivity index (χ2n) is 9.02. The molecule has 3 aliphatic heterocycles. The van der Waals surface area contributed by atoms with Gasteiger partial charge in [0.15, 0.2) is 5.69 Å². The number of carbonyl (C=O) groups excluding carboxylic acids is 1. The van der Waals surface area contributed by atoms with Crippen LogP contribution in [-0.2, 0) is 14.3 Å².